The summed E-state index contributed by atoms with van der Waals surface area (Å²) in [4.78, 5) is 19.4. The molecule has 2 aromatic carbocycles. The Morgan fingerprint density at radius 1 is 1.03 bits per heavy atom. The molecule has 3 heterocycles. The summed E-state index contributed by atoms with van der Waals surface area (Å²) < 4.78 is 16.3. The lowest BCUT2D eigenvalue weighted by molar-refractivity contribution is 0.0704. The van der Waals surface area contributed by atoms with Crippen molar-refractivity contribution in [2.24, 2.45) is 0 Å². The topological polar surface area (TPSA) is 77.7 Å². The smallest absolute Gasteiger partial charge is 0.254 e. The SMILES string of the molecule is Cc1ccc(C(=O)N2CCC(c3nc(-c4ccc5c(c4)OCO5)no3)CC2)c(C)c1. The highest BCUT2D eigenvalue weighted by molar-refractivity contribution is 5.95. The number of fused-ring (bicyclic) bond motifs is 1. The summed E-state index contributed by atoms with van der Waals surface area (Å²) in [5.74, 6) is 2.83. The van der Waals surface area contributed by atoms with E-state index in [9.17, 15) is 4.79 Å². The monoisotopic (exact) mass is 405 g/mol. The molecule has 0 aliphatic carbocycles. The van der Waals surface area contributed by atoms with Crippen molar-refractivity contribution >= 4 is 5.91 Å². The number of piperidine rings is 1. The van der Waals surface area contributed by atoms with Crippen LogP contribution >= 0.6 is 0 Å². The number of hydrogen-bond acceptors (Lipinski definition) is 6. The third kappa shape index (κ3) is 3.40. The summed E-state index contributed by atoms with van der Waals surface area (Å²) in [6.45, 7) is 5.62. The van der Waals surface area contributed by atoms with E-state index in [-0.39, 0.29) is 18.6 Å². The van der Waals surface area contributed by atoms with Crippen LogP contribution in [0.1, 0.15) is 46.1 Å². The Bertz CT molecular complexity index is 1100. The fourth-order valence-corrected chi connectivity index (χ4v) is 4.11. The van der Waals surface area contributed by atoms with E-state index < -0.39 is 0 Å². The van der Waals surface area contributed by atoms with Gasteiger partial charge in [0.1, 0.15) is 0 Å². The largest absolute Gasteiger partial charge is 0.454 e. The van der Waals surface area contributed by atoms with E-state index in [1.54, 1.807) is 0 Å². The Hall–Kier alpha value is -3.35. The fraction of sp³-hybridized carbons (Fsp3) is 0.348. The first-order chi connectivity index (χ1) is 14.6. The summed E-state index contributed by atoms with van der Waals surface area (Å²) >= 11 is 0. The van der Waals surface area contributed by atoms with Crippen LogP contribution in [-0.2, 0) is 0 Å². The zero-order chi connectivity index (χ0) is 20.7. The van der Waals surface area contributed by atoms with Gasteiger partial charge >= 0.3 is 0 Å². The highest BCUT2D eigenvalue weighted by Crippen LogP contribution is 2.36. The molecule has 154 valence electrons. The minimum Gasteiger partial charge on any atom is -0.454 e. The quantitative estimate of drug-likeness (QED) is 0.653. The number of nitrogens with zero attached hydrogens (tertiary/aromatic N) is 3. The van der Waals surface area contributed by atoms with Gasteiger partial charge in [-0.2, -0.15) is 4.98 Å². The third-order valence-electron chi connectivity index (χ3n) is 5.82. The highest BCUT2D eigenvalue weighted by Gasteiger charge is 2.29. The average Bonchev–Trinajstić information content (AvgIpc) is 3.42. The van der Waals surface area contributed by atoms with E-state index in [1.165, 1.54) is 0 Å². The number of likely N-dealkylation sites (tertiary alicyclic amines) is 1. The van der Waals surface area contributed by atoms with Gasteiger partial charge in [-0.3, -0.25) is 4.79 Å². The second-order valence-electron chi connectivity index (χ2n) is 7.91. The maximum absolute atomic E-state index is 12.9. The number of aryl methyl sites for hydroxylation is 2. The summed E-state index contributed by atoms with van der Waals surface area (Å²) in [7, 11) is 0. The van der Waals surface area contributed by atoms with Crippen LogP contribution in [0, 0.1) is 13.8 Å². The Labute approximate surface area is 174 Å². The Morgan fingerprint density at radius 3 is 2.63 bits per heavy atom. The van der Waals surface area contributed by atoms with Crippen molar-refractivity contribution < 1.29 is 18.8 Å². The minimum absolute atomic E-state index is 0.0949. The molecule has 1 fully saturated rings. The number of ether oxygens (including phenoxy) is 2. The fourth-order valence-electron chi connectivity index (χ4n) is 4.11. The van der Waals surface area contributed by atoms with Crippen LogP contribution in [0.4, 0.5) is 0 Å². The van der Waals surface area contributed by atoms with Crippen LogP contribution in [0.25, 0.3) is 11.4 Å². The van der Waals surface area contributed by atoms with Crippen LogP contribution in [-0.4, -0.2) is 40.8 Å². The van der Waals surface area contributed by atoms with Crippen molar-refractivity contribution in [3.63, 3.8) is 0 Å². The summed E-state index contributed by atoms with van der Waals surface area (Å²) in [6, 6.07) is 11.6. The van der Waals surface area contributed by atoms with E-state index >= 15 is 0 Å². The number of rotatable bonds is 3. The molecular weight excluding hydrogens is 382 g/mol. The molecule has 0 radical (unpaired) electrons. The molecule has 2 aliphatic heterocycles. The predicted molar refractivity (Wildman–Crippen MR) is 110 cm³/mol. The van der Waals surface area contributed by atoms with Crippen molar-refractivity contribution in [2.45, 2.75) is 32.6 Å². The second-order valence-corrected chi connectivity index (χ2v) is 7.91. The van der Waals surface area contributed by atoms with E-state index in [2.05, 4.69) is 16.2 Å². The zero-order valence-corrected chi connectivity index (χ0v) is 17.1. The molecule has 1 aromatic heterocycles. The Balaban J connectivity index is 1.25. The molecule has 0 bridgehead atoms. The highest BCUT2D eigenvalue weighted by atomic mass is 16.7. The van der Waals surface area contributed by atoms with Crippen LogP contribution < -0.4 is 9.47 Å². The lowest BCUT2D eigenvalue weighted by Crippen LogP contribution is -2.38. The second kappa shape index (κ2) is 7.48. The summed E-state index contributed by atoms with van der Waals surface area (Å²) in [6.07, 6.45) is 1.61. The predicted octanol–water partition coefficient (Wildman–Crippen LogP) is 4.10. The summed E-state index contributed by atoms with van der Waals surface area (Å²) in [5, 5.41) is 4.15. The number of carbonyl (C=O) groups excluding carboxylic acids is 1. The van der Waals surface area contributed by atoms with Gasteiger partial charge in [0.2, 0.25) is 18.5 Å². The standard InChI is InChI=1S/C23H23N3O4/c1-14-3-5-18(15(2)11-14)23(27)26-9-7-16(8-10-26)22-24-21(25-30-22)17-4-6-19-20(12-17)29-13-28-19/h3-6,11-12,16H,7-10,13H2,1-2H3. The van der Waals surface area contributed by atoms with E-state index in [1.807, 2.05) is 49.1 Å². The maximum atomic E-state index is 12.9. The van der Waals surface area contributed by atoms with Crippen molar-refractivity contribution in [1.82, 2.24) is 15.0 Å². The number of benzene rings is 2. The van der Waals surface area contributed by atoms with Gasteiger partial charge < -0.3 is 18.9 Å². The Morgan fingerprint density at radius 2 is 1.83 bits per heavy atom. The maximum Gasteiger partial charge on any atom is 0.254 e. The average molecular weight is 405 g/mol. The molecule has 3 aromatic rings. The lowest BCUT2D eigenvalue weighted by atomic mass is 9.95. The molecule has 0 saturated carbocycles. The summed E-state index contributed by atoms with van der Waals surface area (Å²) in [5.41, 5.74) is 3.79. The van der Waals surface area contributed by atoms with Crippen molar-refractivity contribution in [3.05, 3.63) is 59.0 Å². The molecule has 0 spiro atoms. The van der Waals surface area contributed by atoms with E-state index in [0.717, 1.165) is 40.8 Å². The number of amides is 1. The van der Waals surface area contributed by atoms with Gasteiger partial charge in [-0.1, -0.05) is 22.9 Å². The van der Waals surface area contributed by atoms with Gasteiger partial charge in [0.05, 0.1) is 0 Å². The first-order valence-corrected chi connectivity index (χ1v) is 10.2. The molecule has 1 saturated heterocycles. The van der Waals surface area contributed by atoms with Gasteiger partial charge in [-0.15, -0.1) is 0 Å². The van der Waals surface area contributed by atoms with Gasteiger partial charge in [0.15, 0.2) is 11.5 Å². The van der Waals surface area contributed by atoms with Gasteiger partial charge in [0.25, 0.3) is 5.91 Å². The van der Waals surface area contributed by atoms with Crippen LogP contribution in [0.15, 0.2) is 40.9 Å². The van der Waals surface area contributed by atoms with Crippen molar-refractivity contribution in [1.29, 1.82) is 0 Å². The van der Waals surface area contributed by atoms with E-state index in [0.29, 0.717) is 30.6 Å². The zero-order valence-electron chi connectivity index (χ0n) is 17.1. The number of hydrogen-bond donors (Lipinski definition) is 0. The molecule has 1 amide bonds. The molecule has 0 unspecified atom stereocenters. The van der Waals surface area contributed by atoms with Crippen molar-refractivity contribution in [3.8, 4) is 22.9 Å². The van der Waals surface area contributed by atoms with Crippen LogP contribution in [0.2, 0.25) is 0 Å². The first kappa shape index (κ1) is 18.7. The normalized spacial score (nSPS) is 16.1. The van der Waals surface area contributed by atoms with Gasteiger partial charge in [0, 0.05) is 30.1 Å². The molecule has 5 rings (SSSR count). The molecule has 0 N–H and O–H groups in total. The molecule has 0 atom stereocenters. The molecule has 7 heteroatoms. The van der Waals surface area contributed by atoms with Gasteiger partial charge in [-0.25, -0.2) is 0 Å². The van der Waals surface area contributed by atoms with Gasteiger partial charge in [-0.05, 0) is 56.5 Å². The van der Waals surface area contributed by atoms with Crippen molar-refractivity contribution in [2.75, 3.05) is 19.9 Å². The minimum atomic E-state index is 0.0949. The Kier molecular flexibility index (Phi) is 4.65. The van der Waals surface area contributed by atoms with E-state index in [4.69, 9.17) is 14.0 Å². The number of aromatic nitrogens is 2. The number of carbonyl (C=O) groups is 1. The molecular formula is C23H23N3O4. The van der Waals surface area contributed by atoms with Crippen LogP contribution in [0.5, 0.6) is 11.5 Å². The van der Waals surface area contributed by atoms with Crippen LogP contribution in [0.3, 0.4) is 0 Å². The molecule has 2 aliphatic rings. The first-order valence-electron chi connectivity index (χ1n) is 10.2. The lowest BCUT2D eigenvalue weighted by Gasteiger charge is -2.30. The third-order valence-corrected chi connectivity index (χ3v) is 5.82. The molecule has 30 heavy (non-hydrogen) atoms. The molecule has 7 nitrogen and oxygen atoms in total.